The highest BCUT2D eigenvalue weighted by Gasteiger charge is 2.05. The number of carbonyl (C=O) groups is 1. The lowest BCUT2D eigenvalue weighted by Crippen LogP contribution is -2.07. The topological polar surface area (TPSA) is 35.5 Å². The van der Waals surface area contributed by atoms with Crippen molar-refractivity contribution in [3.63, 3.8) is 0 Å². The van der Waals surface area contributed by atoms with Crippen molar-refractivity contribution >= 4 is 5.97 Å². The van der Waals surface area contributed by atoms with Crippen LogP contribution >= 0.6 is 0 Å². The van der Waals surface area contributed by atoms with E-state index in [2.05, 4.69) is 25.0 Å². The standard InChI is InChI=1S/C21H17FO3/c1-14(2)21(23)25-18-10-6-16(7-11-18)5-8-17-9-12-19(13-20(17)22)24-15(3)4/h6-7,9-13H,1,3H2,2,4H3. The van der Waals surface area contributed by atoms with E-state index in [0.29, 0.717) is 28.4 Å². The fourth-order valence-electron chi connectivity index (χ4n) is 1.80. The molecule has 2 rings (SSSR count). The third-order valence-electron chi connectivity index (χ3n) is 2.99. The Labute approximate surface area is 146 Å². The van der Waals surface area contributed by atoms with Gasteiger partial charge in [-0.05, 0) is 50.2 Å². The fraction of sp³-hybridized carbons (Fsp3) is 0.0952. The maximum absolute atomic E-state index is 14.0. The number of hydrogen-bond acceptors (Lipinski definition) is 3. The van der Waals surface area contributed by atoms with Gasteiger partial charge in [-0.15, -0.1) is 0 Å². The van der Waals surface area contributed by atoms with Gasteiger partial charge in [0.15, 0.2) is 0 Å². The Bertz CT molecular complexity index is 884. The van der Waals surface area contributed by atoms with Gasteiger partial charge in [-0.2, -0.15) is 0 Å². The summed E-state index contributed by atoms with van der Waals surface area (Å²) in [5.74, 6) is 5.91. The van der Waals surface area contributed by atoms with Crippen molar-refractivity contribution in [1.82, 2.24) is 0 Å². The van der Waals surface area contributed by atoms with Crippen LogP contribution in [0.2, 0.25) is 0 Å². The first-order chi connectivity index (χ1) is 11.8. The molecule has 0 saturated carbocycles. The zero-order valence-electron chi connectivity index (χ0n) is 14.1. The fourth-order valence-corrected chi connectivity index (χ4v) is 1.80. The zero-order valence-corrected chi connectivity index (χ0v) is 14.1. The van der Waals surface area contributed by atoms with Crippen LogP contribution in [-0.4, -0.2) is 5.97 Å². The zero-order chi connectivity index (χ0) is 18.4. The van der Waals surface area contributed by atoms with Gasteiger partial charge in [-0.3, -0.25) is 0 Å². The summed E-state index contributed by atoms with van der Waals surface area (Å²) in [5, 5.41) is 0. The molecule has 0 bridgehead atoms. The van der Waals surface area contributed by atoms with Crippen molar-refractivity contribution in [2.75, 3.05) is 0 Å². The highest BCUT2D eigenvalue weighted by Crippen LogP contribution is 2.18. The lowest BCUT2D eigenvalue weighted by molar-refractivity contribution is -0.130. The first-order valence-electron chi connectivity index (χ1n) is 7.48. The van der Waals surface area contributed by atoms with Gasteiger partial charge >= 0.3 is 5.97 Å². The van der Waals surface area contributed by atoms with Crippen LogP contribution in [0.5, 0.6) is 11.5 Å². The van der Waals surface area contributed by atoms with Crippen molar-refractivity contribution in [3.05, 3.63) is 83.9 Å². The second kappa shape index (κ2) is 7.98. The highest BCUT2D eigenvalue weighted by atomic mass is 19.1. The van der Waals surface area contributed by atoms with Crippen molar-refractivity contribution in [2.24, 2.45) is 0 Å². The Morgan fingerprint density at radius 3 is 2.16 bits per heavy atom. The number of halogens is 1. The van der Waals surface area contributed by atoms with Gasteiger partial charge in [0.05, 0.1) is 11.3 Å². The van der Waals surface area contributed by atoms with Gasteiger partial charge in [0.1, 0.15) is 17.3 Å². The molecule has 126 valence electrons. The summed E-state index contributed by atoms with van der Waals surface area (Å²) in [5.41, 5.74) is 1.24. The molecule has 0 amide bonds. The number of carbonyl (C=O) groups excluding carboxylic acids is 1. The van der Waals surface area contributed by atoms with Crippen LogP contribution < -0.4 is 9.47 Å². The Hall–Kier alpha value is -3.32. The molecule has 0 saturated heterocycles. The predicted octanol–water partition coefficient (Wildman–Crippen LogP) is 4.62. The van der Waals surface area contributed by atoms with E-state index in [1.807, 2.05) is 0 Å². The molecule has 0 N–H and O–H groups in total. The number of esters is 1. The third-order valence-corrected chi connectivity index (χ3v) is 2.99. The smallest absolute Gasteiger partial charge is 0.338 e. The molecule has 2 aromatic rings. The maximum atomic E-state index is 14.0. The minimum absolute atomic E-state index is 0.256. The molecule has 0 spiro atoms. The number of ether oxygens (including phenoxy) is 2. The Morgan fingerprint density at radius 2 is 1.60 bits per heavy atom. The lowest BCUT2D eigenvalue weighted by Gasteiger charge is -2.04. The van der Waals surface area contributed by atoms with Crippen molar-refractivity contribution in [2.45, 2.75) is 13.8 Å². The summed E-state index contributed by atoms with van der Waals surface area (Å²) >= 11 is 0. The van der Waals surface area contributed by atoms with Gasteiger partial charge in [0.2, 0.25) is 0 Å². The van der Waals surface area contributed by atoms with E-state index in [-0.39, 0.29) is 5.56 Å². The van der Waals surface area contributed by atoms with Crippen LogP contribution in [0.3, 0.4) is 0 Å². The molecule has 0 aliphatic rings. The number of rotatable bonds is 4. The van der Waals surface area contributed by atoms with E-state index >= 15 is 0 Å². The molecule has 4 heteroatoms. The first-order valence-corrected chi connectivity index (χ1v) is 7.48. The molecule has 0 atom stereocenters. The van der Waals surface area contributed by atoms with Crippen LogP contribution in [0.4, 0.5) is 4.39 Å². The van der Waals surface area contributed by atoms with Gasteiger partial charge < -0.3 is 9.47 Å². The summed E-state index contributed by atoms with van der Waals surface area (Å²) in [6.45, 7) is 10.4. The second-order valence-electron chi connectivity index (χ2n) is 5.39. The Morgan fingerprint density at radius 1 is 0.960 bits per heavy atom. The molecular weight excluding hydrogens is 319 g/mol. The minimum atomic E-state index is -0.488. The van der Waals surface area contributed by atoms with Crippen LogP contribution in [0.1, 0.15) is 25.0 Å². The van der Waals surface area contributed by atoms with E-state index < -0.39 is 11.8 Å². The molecule has 0 aromatic heterocycles. The first kappa shape index (κ1) is 18.0. The number of hydrogen-bond donors (Lipinski definition) is 0. The van der Waals surface area contributed by atoms with Crippen LogP contribution in [0, 0.1) is 17.7 Å². The van der Waals surface area contributed by atoms with Crippen LogP contribution in [-0.2, 0) is 4.79 Å². The average Bonchev–Trinajstić information content (AvgIpc) is 2.54. The predicted molar refractivity (Wildman–Crippen MR) is 94.7 cm³/mol. The highest BCUT2D eigenvalue weighted by molar-refractivity contribution is 5.88. The Balaban J connectivity index is 2.12. The summed E-state index contributed by atoms with van der Waals surface area (Å²) < 4.78 is 24.3. The van der Waals surface area contributed by atoms with Crippen molar-refractivity contribution in [3.8, 4) is 23.3 Å². The van der Waals surface area contributed by atoms with Gasteiger partial charge in [0, 0.05) is 17.2 Å². The summed E-state index contributed by atoms with van der Waals surface area (Å²) in [6.07, 6.45) is 0. The lowest BCUT2D eigenvalue weighted by atomic mass is 10.1. The quantitative estimate of drug-likeness (QED) is 0.269. The molecule has 0 heterocycles. The Kier molecular flexibility index (Phi) is 5.75. The van der Waals surface area contributed by atoms with E-state index in [0.717, 1.165) is 0 Å². The van der Waals surface area contributed by atoms with E-state index in [1.54, 1.807) is 50.2 Å². The minimum Gasteiger partial charge on any atom is -0.463 e. The molecule has 3 nitrogen and oxygen atoms in total. The van der Waals surface area contributed by atoms with Crippen molar-refractivity contribution in [1.29, 1.82) is 0 Å². The monoisotopic (exact) mass is 336 g/mol. The SMILES string of the molecule is C=C(C)Oc1ccc(C#Cc2ccc(OC(=O)C(=C)C)cc2)c(F)c1. The molecule has 0 radical (unpaired) electrons. The van der Waals surface area contributed by atoms with Gasteiger partial charge in [-0.1, -0.05) is 25.0 Å². The summed E-state index contributed by atoms with van der Waals surface area (Å²) in [6, 6.07) is 11.0. The maximum Gasteiger partial charge on any atom is 0.338 e. The second-order valence-corrected chi connectivity index (χ2v) is 5.39. The van der Waals surface area contributed by atoms with Gasteiger partial charge in [-0.25, -0.2) is 9.18 Å². The molecule has 0 unspecified atom stereocenters. The number of allylic oxidation sites excluding steroid dienone is 1. The van der Waals surface area contributed by atoms with Gasteiger partial charge in [0.25, 0.3) is 0 Å². The molecular formula is C21H17FO3. The van der Waals surface area contributed by atoms with E-state index in [1.165, 1.54) is 6.07 Å². The van der Waals surface area contributed by atoms with Crippen molar-refractivity contribution < 1.29 is 18.7 Å². The third kappa shape index (κ3) is 5.36. The molecule has 0 aliphatic heterocycles. The molecule has 2 aromatic carbocycles. The van der Waals surface area contributed by atoms with E-state index in [4.69, 9.17) is 9.47 Å². The van der Waals surface area contributed by atoms with Crippen LogP contribution in [0.25, 0.3) is 0 Å². The average molecular weight is 336 g/mol. The van der Waals surface area contributed by atoms with E-state index in [9.17, 15) is 9.18 Å². The summed E-state index contributed by atoms with van der Waals surface area (Å²) in [4.78, 5) is 11.4. The molecule has 0 aliphatic carbocycles. The normalized spacial score (nSPS) is 9.56. The van der Waals surface area contributed by atoms with Crippen LogP contribution in [0.15, 0.2) is 67.0 Å². The summed E-state index contributed by atoms with van der Waals surface area (Å²) in [7, 11) is 0. The molecule has 0 fully saturated rings. The largest absolute Gasteiger partial charge is 0.463 e. The number of benzene rings is 2. The molecule has 25 heavy (non-hydrogen) atoms.